The fourth-order valence-electron chi connectivity index (χ4n) is 2.04. The van der Waals surface area contributed by atoms with Gasteiger partial charge in [-0.05, 0) is 18.9 Å². The Morgan fingerprint density at radius 2 is 2.25 bits per heavy atom. The molecule has 0 saturated heterocycles. The van der Waals surface area contributed by atoms with Crippen LogP contribution in [0.4, 0.5) is 4.39 Å². The standard InChI is InChI=1S/C12H16FNO2/c1-4-9-11(14-15-3)8-6-5-7(2)10(13)12(8)16-9/h5-6,9,11,14H,4H2,1-3H3. The lowest BCUT2D eigenvalue weighted by Gasteiger charge is -2.17. The van der Waals surface area contributed by atoms with Crippen molar-refractivity contribution in [1.82, 2.24) is 5.48 Å². The second-order valence-electron chi connectivity index (χ2n) is 3.98. The molecule has 1 aliphatic heterocycles. The molecule has 2 atom stereocenters. The Morgan fingerprint density at radius 3 is 2.88 bits per heavy atom. The van der Waals surface area contributed by atoms with E-state index in [9.17, 15) is 4.39 Å². The van der Waals surface area contributed by atoms with Crippen molar-refractivity contribution in [2.24, 2.45) is 0 Å². The monoisotopic (exact) mass is 225 g/mol. The molecule has 2 rings (SSSR count). The van der Waals surface area contributed by atoms with Crippen LogP contribution in [0.5, 0.6) is 5.75 Å². The van der Waals surface area contributed by atoms with Crippen LogP contribution in [0.3, 0.4) is 0 Å². The first kappa shape index (κ1) is 11.4. The molecule has 0 fully saturated rings. The molecule has 4 heteroatoms. The molecule has 0 amide bonds. The van der Waals surface area contributed by atoms with Crippen LogP contribution in [-0.4, -0.2) is 13.2 Å². The van der Waals surface area contributed by atoms with Gasteiger partial charge in [0.15, 0.2) is 11.6 Å². The third-order valence-corrected chi connectivity index (χ3v) is 2.94. The average Bonchev–Trinajstić information content (AvgIpc) is 2.63. The summed E-state index contributed by atoms with van der Waals surface area (Å²) in [5, 5.41) is 0. The Balaban J connectivity index is 2.41. The maximum absolute atomic E-state index is 13.8. The van der Waals surface area contributed by atoms with Gasteiger partial charge in [-0.2, -0.15) is 5.48 Å². The van der Waals surface area contributed by atoms with Crippen molar-refractivity contribution in [1.29, 1.82) is 0 Å². The molecule has 3 nitrogen and oxygen atoms in total. The van der Waals surface area contributed by atoms with Crippen molar-refractivity contribution >= 4 is 0 Å². The largest absolute Gasteiger partial charge is 0.485 e. The fourth-order valence-corrected chi connectivity index (χ4v) is 2.04. The Labute approximate surface area is 94.5 Å². The summed E-state index contributed by atoms with van der Waals surface area (Å²) in [5.74, 6) is 0.0951. The van der Waals surface area contributed by atoms with Crippen LogP contribution >= 0.6 is 0 Å². The number of hydroxylamine groups is 1. The summed E-state index contributed by atoms with van der Waals surface area (Å²) in [6.07, 6.45) is 0.722. The maximum Gasteiger partial charge on any atom is 0.168 e. The summed E-state index contributed by atoms with van der Waals surface area (Å²) in [5.41, 5.74) is 4.29. The molecule has 88 valence electrons. The third-order valence-electron chi connectivity index (χ3n) is 2.94. The van der Waals surface area contributed by atoms with E-state index in [0.717, 1.165) is 12.0 Å². The molecule has 1 aromatic rings. The highest BCUT2D eigenvalue weighted by Crippen LogP contribution is 2.40. The van der Waals surface area contributed by atoms with E-state index in [0.29, 0.717) is 11.3 Å². The molecule has 0 aliphatic carbocycles. The van der Waals surface area contributed by atoms with Crippen molar-refractivity contribution < 1.29 is 14.0 Å². The molecule has 1 N–H and O–H groups in total. The maximum atomic E-state index is 13.8. The van der Waals surface area contributed by atoms with Crippen LogP contribution in [0.25, 0.3) is 0 Å². The van der Waals surface area contributed by atoms with Gasteiger partial charge in [-0.1, -0.05) is 19.1 Å². The second kappa shape index (κ2) is 4.39. The van der Waals surface area contributed by atoms with Gasteiger partial charge < -0.3 is 9.57 Å². The molecular weight excluding hydrogens is 209 g/mol. The van der Waals surface area contributed by atoms with Gasteiger partial charge in [-0.15, -0.1) is 0 Å². The number of hydrogen-bond donors (Lipinski definition) is 1. The molecular formula is C12H16FNO2. The zero-order valence-electron chi connectivity index (χ0n) is 9.71. The van der Waals surface area contributed by atoms with Gasteiger partial charge in [0.25, 0.3) is 0 Å². The summed E-state index contributed by atoms with van der Waals surface area (Å²) >= 11 is 0. The van der Waals surface area contributed by atoms with Crippen molar-refractivity contribution in [2.45, 2.75) is 32.4 Å². The van der Waals surface area contributed by atoms with Gasteiger partial charge in [-0.3, -0.25) is 0 Å². The first-order valence-electron chi connectivity index (χ1n) is 5.43. The first-order valence-corrected chi connectivity index (χ1v) is 5.43. The number of fused-ring (bicyclic) bond motifs is 1. The molecule has 0 radical (unpaired) electrons. The smallest absolute Gasteiger partial charge is 0.168 e. The lowest BCUT2D eigenvalue weighted by molar-refractivity contribution is 0.0279. The molecule has 1 aromatic carbocycles. The van der Waals surface area contributed by atoms with Gasteiger partial charge >= 0.3 is 0 Å². The van der Waals surface area contributed by atoms with E-state index in [1.165, 1.54) is 0 Å². The molecule has 2 unspecified atom stereocenters. The zero-order valence-corrected chi connectivity index (χ0v) is 9.71. The van der Waals surface area contributed by atoms with E-state index in [-0.39, 0.29) is 18.0 Å². The lowest BCUT2D eigenvalue weighted by atomic mass is 10.0. The van der Waals surface area contributed by atoms with E-state index in [1.54, 1.807) is 20.1 Å². The molecule has 16 heavy (non-hydrogen) atoms. The van der Waals surface area contributed by atoms with Crippen LogP contribution in [-0.2, 0) is 4.84 Å². The molecule has 0 spiro atoms. The number of nitrogens with one attached hydrogen (secondary N) is 1. The molecule has 1 aliphatic rings. The van der Waals surface area contributed by atoms with Gasteiger partial charge in [-0.25, -0.2) is 4.39 Å². The van der Waals surface area contributed by atoms with Crippen LogP contribution < -0.4 is 10.2 Å². The summed E-state index contributed by atoms with van der Waals surface area (Å²) in [4.78, 5) is 4.93. The number of ether oxygens (including phenoxy) is 1. The Bertz CT molecular complexity index is 395. The molecule has 0 aromatic heterocycles. The topological polar surface area (TPSA) is 30.5 Å². The Kier molecular flexibility index (Phi) is 3.12. The molecule has 1 heterocycles. The van der Waals surface area contributed by atoms with Crippen LogP contribution in [0.15, 0.2) is 12.1 Å². The Hall–Kier alpha value is -1.13. The zero-order chi connectivity index (χ0) is 11.7. The number of hydrogen-bond acceptors (Lipinski definition) is 3. The third kappa shape index (κ3) is 1.68. The van der Waals surface area contributed by atoms with Gasteiger partial charge in [0.05, 0.1) is 13.2 Å². The van der Waals surface area contributed by atoms with Crippen LogP contribution in [0.2, 0.25) is 0 Å². The fraction of sp³-hybridized carbons (Fsp3) is 0.500. The molecule has 0 saturated carbocycles. The number of benzene rings is 1. The van der Waals surface area contributed by atoms with Gasteiger partial charge in [0, 0.05) is 5.56 Å². The number of aryl methyl sites for hydroxylation is 1. The highest BCUT2D eigenvalue weighted by molar-refractivity contribution is 5.44. The summed E-state index contributed by atoms with van der Waals surface area (Å²) in [6.45, 7) is 3.74. The molecule has 0 bridgehead atoms. The van der Waals surface area contributed by atoms with Gasteiger partial charge in [0.2, 0.25) is 0 Å². The minimum atomic E-state index is -0.267. The Morgan fingerprint density at radius 1 is 1.50 bits per heavy atom. The SMILES string of the molecule is CCC1Oc2c(ccc(C)c2F)C1NOC. The van der Waals surface area contributed by atoms with E-state index in [1.807, 2.05) is 13.0 Å². The van der Waals surface area contributed by atoms with Crippen molar-refractivity contribution in [3.8, 4) is 5.75 Å². The van der Waals surface area contributed by atoms with Crippen LogP contribution in [0.1, 0.15) is 30.5 Å². The first-order chi connectivity index (χ1) is 7.69. The average molecular weight is 225 g/mol. The lowest BCUT2D eigenvalue weighted by Crippen LogP contribution is -2.29. The quantitative estimate of drug-likeness (QED) is 0.802. The number of rotatable bonds is 3. The highest BCUT2D eigenvalue weighted by atomic mass is 19.1. The van der Waals surface area contributed by atoms with Crippen LogP contribution in [0, 0.1) is 12.7 Å². The van der Waals surface area contributed by atoms with Crippen molar-refractivity contribution in [3.63, 3.8) is 0 Å². The van der Waals surface area contributed by atoms with E-state index in [4.69, 9.17) is 9.57 Å². The van der Waals surface area contributed by atoms with E-state index in [2.05, 4.69) is 5.48 Å². The summed E-state index contributed by atoms with van der Waals surface area (Å²) in [6, 6.07) is 3.56. The normalized spacial score (nSPS) is 23.0. The predicted octanol–water partition coefficient (Wildman–Crippen LogP) is 2.50. The minimum absolute atomic E-state index is 0.0775. The van der Waals surface area contributed by atoms with Crippen molar-refractivity contribution in [3.05, 3.63) is 29.1 Å². The van der Waals surface area contributed by atoms with Gasteiger partial charge in [0.1, 0.15) is 6.10 Å². The predicted molar refractivity (Wildman–Crippen MR) is 58.7 cm³/mol. The second-order valence-corrected chi connectivity index (χ2v) is 3.98. The highest BCUT2D eigenvalue weighted by Gasteiger charge is 2.35. The van der Waals surface area contributed by atoms with E-state index >= 15 is 0 Å². The minimum Gasteiger partial charge on any atom is -0.485 e. The summed E-state index contributed by atoms with van der Waals surface area (Å²) in [7, 11) is 1.55. The summed E-state index contributed by atoms with van der Waals surface area (Å²) < 4.78 is 19.4. The van der Waals surface area contributed by atoms with E-state index < -0.39 is 0 Å². The van der Waals surface area contributed by atoms with Crippen molar-refractivity contribution in [2.75, 3.05) is 7.11 Å². The number of halogens is 1.